The second-order valence-corrected chi connectivity index (χ2v) is 8.52. The first-order valence-electron chi connectivity index (χ1n) is 10.8. The first kappa shape index (κ1) is 25.4. The fourth-order valence-corrected chi connectivity index (χ4v) is 4.63. The second-order valence-electron chi connectivity index (χ2n) is 8.52. The van der Waals surface area contributed by atoms with Crippen molar-refractivity contribution in [2.75, 3.05) is 21.3 Å². The zero-order valence-corrected chi connectivity index (χ0v) is 19.5. The number of hydrogen-bond donors (Lipinski definition) is 2. The van der Waals surface area contributed by atoms with Crippen molar-refractivity contribution in [2.24, 2.45) is 11.8 Å². The molecule has 12 heteroatoms. The number of imide groups is 1. The molecular formula is C22H28F3N3O6. The van der Waals surface area contributed by atoms with Gasteiger partial charge in [-0.3, -0.25) is 19.8 Å². The molecule has 188 valence electrons. The maximum atomic E-state index is 14.3. The first-order valence-corrected chi connectivity index (χ1v) is 10.8. The number of alkyl halides is 3. The van der Waals surface area contributed by atoms with Crippen molar-refractivity contribution in [1.29, 1.82) is 0 Å². The summed E-state index contributed by atoms with van der Waals surface area (Å²) in [5.41, 5.74) is -3.97. The highest BCUT2D eigenvalue weighted by atomic mass is 19.4. The van der Waals surface area contributed by atoms with E-state index in [2.05, 4.69) is 0 Å². The van der Waals surface area contributed by atoms with Crippen molar-refractivity contribution in [3.05, 3.63) is 17.7 Å². The van der Waals surface area contributed by atoms with Crippen LogP contribution in [-0.4, -0.2) is 62.0 Å². The molecule has 9 nitrogen and oxygen atoms in total. The molecular weight excluding hydrogens is 459 g/mol. The molecule has 0 bridgehead atoms. The number of nitrogens with one attached hydrogen (secondary N) is 2. The Labute approximate surface area is 194 Å². The van der Waals surface area contributed by atoms with Gasteiger partial charge < -0.3 is 19.5 Å². The lowest BCUT2D eigenvalue weighted by molar-refractivity contribution is -0.201. The van der Waals surface area contributed by atoms with Gasteiger partial charge in [-0.1, -0.05) is 26.7 Å². The third-order valence-electron chi connectivity index (χ3n) is 6.72. The summed E-state index contributed by atoms with van der Waals surface area (Å²) < 4.78 is 58.4. The number of amides is 4. The summed E-state index contributed by atoms with van der Waals surface area (Å²) in [5.74, 6) is -2.98. The van der Waals surface area contributed by atoms with Crippen molar-refractivity contribution in [1.82, 2.24) is 15.5 Å². The van der Waals surface area contributed by atoms with Crippen molar-refractivity contribution in [2.45, 2.75) is 51.0 Å². The van der Waals surface area contributed by atoms with E-state index < -0.39 is 35.7 Å². The maximum absolute atomic E-state index is 14.3. The van der Waals surface area contributed by atoms with Gasteiger partial charge in [0.05, 0.1) is 26.9 Å². The average Bonchev–Trinajstić information content (AvgIpc) is 3.04. The lowest BCUT2D eigenvalue weighted by Crippen LogP contribution is -2.69. The van der Waals surface area contributed by atoms with Crippen molar-refractivity contribution in [3.8, 4) is 17.2 Å². The number of hydrogen-bond acceptors (Lipinski definition) is 6. The van der Waals surface area contributed by atoms with Crippen LogP contribution in [0.5, 0.6) is 17.2 Å². The summed E-state index contributed by atoms with van der Waals surface area (Å²) >= 11 is 0. The van der Waals surface area contributed by atoms with Gasteiger partial charge in [-0.25, -0.2) is 4.79 Å². The molecule has 0 spiro atoms. The van der Waals surface area contributed by atoms with Crippen molar-refractivity contribution < 1.29 is 41.8 Å². The largest absolute Gasteiger partial charge is 0.493 e. The molecule has 2 N–H and O–H groups in total. The van der Waals surface area contributed by atoms with Crippen LogP contribution in [0.15, 0.2) is 12.1 Å². The summed E-state index contributed by atoms with van der Waals surface area (Å²) in [7, 11) is 3.80. The minimum atomic E-state index is -5.32. The zero-order valence-electron chi connectivity index (χ0n) is 19.5. The highest BCUT2D eigenvalue weighted by molar-refractivity contribution is 6.11. The van der Waals surface area contributed by atoms with Gasteiger partial charge in [0, 0.05) is 6.04 Å². The van der Waals surface area contributed by atoms with E-state index >= 15 is 0 Å². The van der Waals surface area contributed by atoms with Crippen LogP contribution in [0.1, 0.15) is 43.5 Å². The molecule has 0 aromatic heterocycles. The molecule has 0 radical (unpaired) electrons. The Hall–Kier alpha value is -3.18. The summed E-state index contributed by atoms with van der Waals surface area (Å²) in [4.78, 5) is 39.6. The minimum absolute atomic E-state index is 0.0212. The Kier molecular flexibility index (Phi) is 6.90. The van der Waals surface area contributed by atoms with E-state index in [-0.39, 0.29) is 34.6 Å². The Bertz CT molecular complexity index is 985. The maximum Gasteiger partial charge on any atom is 0.440 e. The van der Waals surface area contributed by atoms with E-state index in [0.717, 1.165) is 6.42 Å². The average molecular weight is 487 g/mol. The number of carbonyl (C=O) groups is 3. The fraction of sp³-hybridized carbons (Fsp3) is 0.591. The summed E-state index contributed by atoms with van der Waals surface area (Å²) in [6.07, 6.45) is -3.42. The molecule has 1 aromatic carbocycles. The molecule has 34 heavy (non-hydrogen) atoms. The monoisotopic (exact) mass is 487 g/mol. The molecule has 2 aliphatic rings. The van der Waals surface area contributed by atoms with Crippen LogP contribution in [0.3, 0.4) is 0 Å². The number of ether oxygens (including phenoxy) is 3. The SMILES string of the molecule is COc1ccc(C(=O)N[C@]2(C(F)(F)F)NC(=O)N([C@@H]3CCC[C@@H](C)[C@H]3C)C2=O)c(OC)c1OC. The van der Waals surface area contributed by atoms with E-state index in [0.29, 0.717) is 17.7 Å². The standard InChI is InChI=1S/C22H28F3N3O6/c1-11-7-6-8-14(12(11)2)28-19(30)21(22(23,24)25,27-20(28)31)26-18(29)13-9-10-15(32-3)17(34-5)16(13)33-4/h9-12,14H,6-8H2,1-5H3,(H,26,29)(H,27,31)/t11-,12-,14-,21+/m1/s1. The lowest BCUT2D eigenvalue weighted by Gasteiger charge is -2.38. The lowest BCUT2D eigenvalue weighted by atomic mass is 9.77. The molecule has 4 atom stereocenters. The van der Waals surface area contributed by atoms with Crippen molar-refractivity contribution in [3.63, 3.8) is 0 Å². The minimum Gasteiger partial charge on any atom is -0.493 e. The molecule has 4 amide bonds. The van der Waals surface area contributed by atoms with Gasteiger partial charge in [0.15, 0.2) is 11.5 Å². The van der Waals surface area contributed by atoms with E-state index in [1.54, 1.807) is 17.6 Å². The topological polar surface area (TPSA) is 106 Å². The van der Waals surface area contributed by atoms with Crippen LogP contribution in [0, 0.1) is 11.8 Å². The third-order valence-corrected chi connectivity index (χ3v) is 6.72. The Morgan fingerprint density at radius 2 is 1.74 bits per heavy atom. The third kappa shape index (κ3) is 3.98. The van der Waals surface area contributed by atoms with E-state index in [1.165, 1.54) is 33.5 Å². The molecule has 1 aliphatic carbocycles. The second kappa shape index (κ2) is 9.22. The highest BCUT2D eigenvalue weighted by Crippen LogP contribution is 2.42. The number of rotatable bonds is 6. The number of nitrogens with zero attached hydrogens (tertiary/aromatic N) is 1. The quantitative estimate of drug-likeness (QED) is 0.598. The summed E-state index contributed by atoms with van der Waals surface area (Å²) in [6, 6.07) is 0.563. The molecule has 2 fully saturated rings. The van der Waals surface area contributed by atoms with Crippen molar-refractivity contribution >= 4 is 17.8 Å². The van der Waals surface area contributed by atoms with Gasteiger partial charge in [0.2, 0.25) is 5.75 Å². The molecule has 3 rings (SSSR count). The van der Waals surface area contributed by atoms with Gasteiger partial charge in [-0.2, -0.15) is 13.2 Å². The summed E-state index contributed by atoms with van der Waals surface area (Å²) in [5, 5.41) is 3.44. The molecule has 1 aliphatic heterocycles. The van der Waals surface area contributed by atoms with Gasteiger partial charge in [0.1, 0.15) is 0 Å². The van der Waals surface area contributed by atoms with Gasteiger partial charge in [-0.15, -0.1) is 0 Å². The first-order chi connectivity index (χ1) is 15.9. The summed E-state index contributed by atoms with van der Waals surface area (Å²) in [6.45, 7) is 3.73. The van der Waals surface area contributed by atoms with E-state index in [1.807, 2.05) is 6.92 Å². The van der Waals surface area contributed by atoms with Crippen LogP contribution in [0.4, 0.5) is 18.0 Å². The van der Waals surface area contributed by atoms with Crippen LogP contribution in [0.25, 0.3) is 0 Å². The number of benzene rings is 1. The van der Waals surface area contributed by atoms with Gasteiger partial charge in [-0.05, 0) is 30.4 Å². The Morgan fingerprint density at radius 3 is 2.29 bits per heavy atom. The smallest absolute Gasteiger partial charge is 0.440 e. The van der Waals surface area contributed by atoms with Gasteiger partial charge >= 0.3 is 12.2 Å². The molecule has 1 saturated heterocycles. The highest BCUT2D eigenvalue weighted by Gasteiger charge is 2.70. The molecule has 0 unspecified atom stereocenters. The normalized spacial score (nSPS) is 27.3. The predicted octanol–water partition coefficient (Wildman–Crippen LogP) is 3.08. The van der Waals surface area contributed by atoms with E-state index in [9.17, 15) is 27.6 Å². The van der Waals surface area contributed by atoms with E-state index in [4.69, 9.17) is 14.2 Å². The molecule has 1 saturated carbocycles. The number of urea groups is 1. The number of methoxy groups -OCH3 is 3. The molecule has 1 heterocycles. The predicted molar refractivity (Wildman–Crippen MR) is 114 cm³/mol. The molecule has 1 aromatic rings. The fourth-order valence-electron chi connectivity index (χ4n) is 4.63. The number of halogens is 3. The van der Waals surface area contributed by atoms with Crippen LogP contribution in [-0.2, 0) is 4.79 Å². The zero-order chi connectivity index (χ0) is 25.4. The van der Waals surface area contributed by atoms with Crippen LogP contribution in [0.2, 0.25) is 0 Å². The van der Waals surface area contributed by atoms with Gasteiger partial charge in [0.25, 0.3) is 17.5 Å². The Morgan fingerprint density at radius 1 is 1.09 bits per heavy atom. The number of carbonyl (C=O) groups excluding carboxylic acids is 3. The Balaban J connectivity index is 2.02. The van der Waals surface area contributed by atoms with Crippen LogP contribution >= 0.6 is 0 Å². The van der Waals surface area contributed by atoms with Crippen LogP contribution < -0.4 is 24.8 Å².